The molecule has 0 aromatic carbocycles. The fourth-order valence-electron chi connectivity index (χ4n) is 3.96. The Morgan fingerprint density at radius 2 is 2.05 bits per heavy atom. The lowest BCUT2D eigenvalue weighted by atomic mass is 9.92. The molecule has 5 heteroatoms. The molecule has 1 aliphatic carbocycles. The number of carbonyl (C=O) groups is 1. The zero-order chi connectivity index (χ0) is 15.4. The van der Waals surface area contributed by atoms with E-state index in [0.29, 0.717) is 23.7 Å². The average molecular weight is 324 g/mol. The number of piperidine rings is 1. The highest BCUT2D eigenvalue weighted by Crippen LogP contribution is 2.27. The third-order valence-corrected chi connectivity index (χ3v) is 6.21. The van der Waals surface area contributed by atoms with Gasteiger partial charge in [0.25, 0.3) is 0 Å². The number of nitrogens with zero attached hydrogens (tertiary/aromatic N) is 2. The molecule has 4 nitrogen and oxygen atoms in total. The number of likely N-dealkylation sites (tertiary alicyclic amines) is 1. The first-order chi connectivity index (χ1) is 10.8. The predicted molar refractivity (Wildman–Crippen MR) is 93.3 cm³/mol. The van der Waals surface area contributed by atoms with Gasteiger partial charge in [0.1, 0.15) is 0 Å². The van der Waals surface area contributed by atoms with Crippen LogP contribution < -0.4 is 5.32 Å². The fourth-order valence-corrected chi connectivity index (χ4v) is 4.85. The van der Waals surface area contributed by atoms with Gasteiger partial charge in [-0.25, -0.2) is 0 Å². The van der Waals surface area contributed by atoms with E-state index in [9.17, 15) is 4.79 Å². The Balaban J connectivity index is 1.40. The first kappa shape index (κ1) is 16.2. The maximum atomic E-state index is 12.4. The normalized spacial score (nSPS) is 29.0. The number of aliphatic imine (C=N–C) groups is 1. The molecule has 0 aromatic rings. The molecule has 0 spiro atoms. The zero-order valence-corrected chi connectivity index (χ0v) is 14.5. The number of hydrogen-bond acceptors (Lipinski definition) is 4. The summed E-state index contributed by atoms with van der Waals surface area (Å²) in [6.45, 7) is 4.16. The van der Waals surface area contributed by atoms with Crippen molar-refractivity contribution in [3.8, 4) is 0 Å². The summed E-state index contributed by atoms with van der Waals surface area (Å²) in [6.07, 6.45) is 10.0. The molecule has 0 radical (unpaired) electrons. The average Bonchev–Trinajstić information content (AvgIpc) is 2.96. The highest BCUT2D eigenvalue weighted by Gasteiger charge is 2.31. The number of rotatable bonds is 4. The lowest BCUT2D eigenvalue weighted by molar-refractivity contribution is -0.129. The van der Waals surface area contributed by atoms with Gasteiger partial charge in [0.05, 0.1) is 17.8 Å². The Bertz CT molecular complexity index is 418. The van der Waals surface area contributed by atoms with E-state index >= 15 is 0 Å². The molecule has 2 fully saturated rings. The van der Waals surface area contributed by atoms with Crippen LogP contribution in [0.1, 0.15) is 58.3 Å². The molecule has 2 heterocycles. The molecule has 1 N–H and O–H groups in total. The number of hydrogen-bond donors (Lipinski definition) is 1. The summed E-state index contributed by atoms with van der Waals surface area (Å²) in [5.41, 5.74) is 0. The summed E-state index contributed by atoms with van der Waals surface area (Å²) < 4.78 is 0. The van der Waals surface area contributed by atoms with Gasteiger partial charge in [0.2, 0.25) is 5.91 Å². The summed E-state index contributed by atoms with van der Waals surface area (Å²) in [7, 11) is 0. The molecule has 2 atom stereocenters. The first-order valence-electron chi connectivity index (χ1n) is 9.01. The van der Waals surface area contributed by atoms with Crippen LogP contribution in [0.4, 0.5) is 0 Å². The summed E-state index contributed by atoms with van der Waals surface area (Å²) in [6, 6.07) is 1.01. The molecule has 124 valence electrons. The topological polar surface area (TPSA) is 44.7 Å². The van der Waals surface area contributed by atoms with Crippen LogP contribution in [0.15, 0.2) is 4.99 Å². The SMILES string of the molecule is CCCC1CCN(C(=O)CSC2=N[C@H]3CCCC[C@@H]3N2)CC1. The Morgan fingerprint density at radius 3 is 2.77 bits per heavy atom. The van der Waals surface area contributed by atoms with Crippen LogP contribution in [0.2, 0.25) is 0 Å². The number of amidine groups is 1. The van der Waals surface area contributed by atoms with E-state index in [1.165, 1.54) is 51.4 Å². The van der Waals surface area contributed by atoms with Crippen molar-refractivity contribution >= 4 is 22.8 Å². The number of fused-ring (bicyclic) bond motifs is 1. The predicted octanol–water partition coefficient (Wildman–Crippen LogP) is 3.03. The van der Waals surface area contributed by atoms with E-state index in [0.717, 1.165) is 24.2 Å². The van der Waals surface area contributed by atoms with E-state index in [1.807, 2.05) is 0 Å². The van der Waals surface area contributed by atoms with Gasteiger partial charge in [0.15, 0.2) is 5.17 Å². The smallest absolute Gasteiger partial charge is 0.233 e. The van der Waals surface area contributed by atoms with E-state index < -0.39 is 0 Å². The molecule has 1 amide bonds. The Labute approximate surface area is 138 Å². The highest BCUT2D eigenvalue weighted by molar-refractivity contribution is 8.14. The Morgan fingerprint density at radius 1 is 1.27 bits per heavy atom. The minimum absolute atomic E-state index is 0.291. The molecule has 2 aliphatic heterocycles. The van der Waals surface area contributed by atoms with Crippen LogP contribution in [-0.2, 0) is 4.79 Å². The quantitative estimate of drug-likeness (QED) is 0.865. The first-order valence-corrected chi connectivity index (χ1v) is 9.99. The summed E-state index contributed by atoms with van der Waals surface area (Å²) in [5, 5.41) is 4.52. The summed E-state index contributed by atoms with van der Waals surface area (Å²) >= 11 is 1.61. The maximum Gasteiger partial charge on any atom is 0.233 e. The van der Waals surface area contributed by atoms with Crippen molar-refractivity contribution in [1.82, 2.24) is 10.2 Å². The van der Waals surface area contributed by atoms with Gasteiger partial charge < -0.3 is 10.2 Å². The molecule has 22 heavy (non-hydrogen) atoms. The van der Waals surface area contributed by atoms with Crippen LogP contribution in [0.5, 0.6) is 0 Å². The van der Waals surface area contributed by atoms with Gasteiger partial charge in [-0.15, -0.1) is 0 Å². The minimum atomic E-state index is 0.291. The van der Waals surface area contributed by atoms with E-state index in [-0.39, 0.29) is 0 Å². The number of amides is 1. The molecule has 0 unspecified atom stereocenters. The van der Waals surface area contributed by atoms with E-state index in [1.54, 1.807) is 11.8 Å². The second-order valence-corrected chi connectivity index (χ2v) is 7.90. The highest BCUT2D eigenvalue weighted by atomic mass is 32.2. The second-order valence-electron chi connectivity index (χ2n) is 6.94. The van der Waals surface area contributed by atoms with Crippen molar-refractivity contribution in [2.24, 2.45) is 10.9 Å². The third kappa shape index (κ3) is 3.98. The molecule has 3 aliphatic rings. The lowest BCUT2D eigenvalue weighted by Gasteiger charge is -2.31. The van der Waals surface area contributed by atoms with Crippen molar-refractivity contribution < 1.29 is 4.79 Å². The van der Waals surface area contributed by atoms with Crippen molar-refractivity contribution in [3.63, 3.8) is 0 Å². The minimum Gasteiger partial charge on any atom is -0.360 e. The molecular weight excluding hydrogens is 294 g/mol. The maximum absolute atomic E-state index is 12.4. The van der Waals surface area contributed by atoms with E-state index in [2.05, 4.69) is 17.1 Å². The summed E-state index contributed by atoms with van der Waals surface area (Å²) in [4.78, 5) is 19.2. The van der Waals surface area contributed by atoms with Crippen molar-refractivity contribution in [2.75, 3.05) is 18.8 Å². The van der Waals surface area contributed by atoms with Crippen LogP contribution in [0, 0.1) is 5.92 Å². The molecule has 0 aromatic heterocycles. The van der Waals surface area contributed by atoms with Crippen LogP contribution in [-0.4, -0.2) is 46.9 Å². The molecular formula is C17H29N3OS. The lowest BCUT2D eigenvalue weighted by Crippen LogP contribution is -2.40. The van der Waals surface area contributed by atoms with Crippen molar-refractivity contribution in [3.05, 3.63) is 0 Å². The Hall–Kier alpha value is -0.710. The van der Waals surface area contributed by atoms with Gasteiger partial charge in [-0.2, -0.15) is 0 Å². The van der Waals surface area contributed by atoms with Crippen LogP contribution >= 0.6 is 11.8 Å². The van der Waals surface area contributed by atoms with Gasteiger partial charge in [0, 0.05) is 13.1 Å². The number of nitrogens with one attached hydrogen (secondary N) is 1. The van der Waals surface area contributed by atoms with Crippen LogP contribution in [0.25, 0.3) is 0 Å². The largest absolute Gasteiger partial charge is 0.360 e. The zero-order valence-electron chi connectivity index (χ0n) is 13.7. The second kappa shape index (κ2) is 7.71. The molecule has 0 bridgehead atoms. The standard InChI is InChI=1S/C17H29N3OS/c1-2-5-13-8-10-20(11-9-13)16(21)12-22-17-18-14-6-3-4-7-15(14)19-17/h13-15H,2-12H2,1H3,(H,18,19)/t14-,15-/m0/s1. The van der Waals surface area contributed by atoms with Gasteiger partial charge in [-0.05, 0) is 31.6 Å². The van der Waals surface area contributed by atoms with Crippen molar-refractivity contribution in [2.45, 2.75) is 70.4 Å². The van der Waals surface area contributed by atoms with Crippen molar-refractivity contribution in [1.29, 1.82) is 0 Å². The molecule has 3 rings (SSSR count). The van der Waals surface area contributed by atoms with Gasteiger partial charge in [-0.3, -0.25) is 9.79 Å². The van der Waals surface area contributed by atoms with E-state index in [4.69, 9.17) is 4.99 Å². The molecule has 1 saturated heterocycles. The van der Waals surface area contributed by atoms with Crippen LogP contribution in [0.3, 0.4) is 0 Å². The number of thioether (sulfide) groups is 1. The van der Waals surface area contributed by atoms with Gasteiger partial charge >= 0.3 is 0 Å². The monoisotopic (exact) mass is 323 g/mol. The van der Waals surface area contributed by atoms with Gasteiger partial charge in [-0.1, -0.05) is 44.4 Å². The number of carbonyl (C=O) groups excluding carboxylic acids is 1. The third-order valence-electron chi connectivity index (χ3n) is 5.32. The molecule has 1 saturated carbocycles. The summed E-state index contributed by atoms with van der Waals surface area (Å²) in [5.74, 6) is 1.68. The fraction of sp³-hybridized carbons (Fsp3) is 0.882. The Kier molecular flexibility index (Phi) is 5.66.